The van der Waals surface area contributed by atoms with Crippen molar-refractivity contribution < 1.29 is 19.5 Å². The molecule has 96 valence electrons. The van der Waals surface area contributed by atoms with Gasteiger partial charge in [-0.2, -0.15) is 0 Å². The number of carbonyl (C=O) groups excluding carboxylic acids is 2. The summed E-state index contributed by atoms with van der Waals surface area (Å²) in [6.45, 7) is 0.349. The third-order valence-corrected chi connectivity index (χ3v) is 1.79. The van der Waals surface area contributed by atoms with Crippen LogP contribution in [0, 0.1) is 0 Å². The number of aliphatic carboxylic acids is 1. The van der Waals surface area contributed by atoms with Gasteiger partial charge in [0.05, 0.1) is 6.04 Å². The molecular formula is C9H16N4O4. The summed E-state index contributed by atoms with van der Waals surface area (Å²) >= 11 is 0. The molecule has 0 bridgehead atoms. The molecule has 1 amide bonds. The SMILES string of the molecule is NC(N)=NCCC[C@@H](C=O)NC(=O)CC(=O)O. The van der Waals surface area contributed by atoms with Crippen molar-refractivity contribution in [1.29, 1.82) is 0 Å². The summed E-state index contributed by atoms with van der Waals surface area (Å²) < 4.78 is 0. The number of nitrogens with zero attached hydrogens (tertiary/aromatic N) is 1. The van der Waals surface area contributed by atoms with E-state index in [-0.39, 0.29) is 5.96 Å². The van der Waals surface area contributed by atoms with Crippen LogP contribution in [0.5, 0.6) is 0 Å². The number of nitrogens with two attached hydrogens (primary N) is 2. The molecule has 0 saturated carbocycles. The van der Waals surface area contributed by atoms with Crippen LogP contribution < -0.4 is 16.8 Å². The zero-order chi connectivity index (χ0) is 13.3. The molecule has 1 atom stereocenters. The summed E-state index contributed by atoms with van der Waals surface area (Å²) in [5.74, 6) is -1.98. The van der Waals surface area contributed by atoms with Crippen molar-refractivity contribution in [3.63, 3.8) is 0 Å². The maximum Gasteiger partial charge on any atom is 0.312 e. The van der Waals surface area contributed by atoms with Crippen molar-refractivity contribution in [2.75, 3.05) is 6.54 Å². The quantitative estimate of drug-likeness (QED) is 0.130. The van der Waals surface area contributed by atoms with E-state index >= 15 is 0 Å². The number of carboxylic acids is 1. The maximum atomic E-state index is 11.0. The van der Waals surface area contributed by atoms with Crippen LogP contribution in [-0.4, -0.2) is 41.8 Å². The molecule has 0 aliphatic carbocycles. The van der Waals surface area contributed by atoms with Crippen molar-refractivity contribution in [2.24, 2.45) is 16.5 Å². The van der Waals surface area contributed by atoms with Crippen LogP contribution in [-0.2, 0) is 14.4 Å². The molecule has 0 rings (SSSR count). The summed E-state index contributed by atoms with van der Waals surface area (Å²) in [5.41, 5.74) is 10.2. The van der Waals surface area contributed by atoms with E-state index in [2.05, 4.69) is 10.3 Å². The number of aldehydes is 1. The van der Waals surface area contributed by atoms with Gasteiger partial charge in [0.2, 0.25) is 5.91 Å². The second-order valence-electron chi connectivity index (χ2n) is 3.33. The average molecular weight is 244 g/mol. The Morgan fingerprint density at radius 3 is 2.53 bits per heavy atom. The Bertz CT molecular complexity index is 312. The normalized spacial score (nSPS) is 11.3. The van der Waals surface area contributed by atoms with Crippen LogP contribution in [0.25, 0.3) is 0 Å². The first-order valence-corrected chi connectivity index (χ1v) is 4.97. The summed E-state index contributed by atoms with van der Waals surface area (Å²) in [6, 6.07) is -0.712. The Morgan fingerprint density at radius 2 is 2.06 bits per heavy atom. The van der Waals surface area contributed by atoms with Gasteiger partial charge >= 0.3 is 5.97 Å². The highest BCUT2D eigenvalue weighted by Crippen LogP contribution is 1.96. The van der Waals surface area contributed by atoms with Crippen molar-refractivity contribution in [2.45, 2.75) is 25.3 Å². The van der Waals surface area contributed by atoms with Gasteiger partial charge in [0, 0.05) is 6.54 Å². The van der Waals surface area contributed by atoms with E-state index in [1.54, 1.807) is 0 Å². The van der Waals surface area contributed by atoms with Crippen LogP contribution in [0.1, 0.15) is 19.3 Å². The van der Waals surface area contributed by atoms with E-state index in [0.29, 0.717) is 25.7 Å². The average Bonchev–Trinajstić information content (AvgIpc) is 2.21. The lowest BCUT2D eigenvalue weighted by Crippen LogP contribution is -2.37. The van der Waals surface area contributed by atoms with Crippen LogP contribution in [0.4, 0.5) is 0 Å². The minimum Gasteiger partial charge on any atom is -0.481 e. The molecule has 6 N–H and O–H groups in total. The van der Waals surface area contributed by atoms with Gasteiger partial charge in [0.1, 0.15) is 12.7 Å². The first-order chi connectivity index (χ1) is 7.95. The Hall–Kier alpha value is -2.12. The molecule has 8 heteroatoms. The highest BCUT2D eigenvalue weighted by atomic mass is 16.4. The van der Waals surface area contributed by atoms with Gasteiger partial charge in [-0.05, 0) is 12.8 Å². The fourth-order valence-corrected chi connectivity index (χ4v) is 1.09. The molecular weight excluding hydrogens is 228 g/mol. The predicted molar refractivity (Wildman–Crippen MR) is 60.2 cm³/mol. The highest BCUT2D eigenvalue weighted by molar-refractivity contribution is 5.94. The van der Waals surface area contributed by atoms with Crippen molar-refractivity contribution >= 4 is 24.1 Å². The lowest BCUT2D eigenvalue weighted by molar-refractivity contribution is -0.141. The van der Waals surface area contributed by atoms with Crippen molar-refractivity contribution in [3.8, 4) is 0 Å². The molecule has 0 unspecified atom stereocenters. The summed E-state index contributed by atoms with van der Waals surface area (Å²) in [5, 5.41) is 10.6. The zero-order valence-corrected chi connectivity index (χ0v) is 9.26. The molecule has 0 aromatic heterocycles. The maximum absolute atomic E-state index is 11.0. The lowest BCUT2D eigenvalue weighted by Gasteiger charge is -2.10. The Balaban J connectivity index is 3.91. The summed E-state index contributed by atoms with van der Waals surface area (Å²) in [6.07, 6.45) is 0.758. The number of carbonyl (C=O) groups is 3. The van der Waals surface area contributed by atoms with Crippen LogP contribution in [0.3, 0.4) is 0 Å². The molecule has 17 heavy (non-hydrogen) atoms. The number of nitrogens with one attached hydrogen (secondary N) is 1. The first kappa shape index (κ1) is 14.9. The smallest absolute Gasteiger partial charge is 0.312 e. The second kappa shape index (κ2) is 8.08. The van der Waals surface area contributed by atoms with Gasteiger partial charge in [-0.15, -0.1) is 0 Å². The summed E-state index contributed by atoms with van der Waals surface area (Å²) in [4.78, 5) is 35.6. The third kappa shape index (κ3) is 8.85. The van der Waals surface area contributed by atoms with Crippen LogP contribution in [0.2, 0.25) is 0 Å². The van der Waals surface area contributed by atoms with Gasteiger partial charge in [-0.25, -0.2) is 0 Å². The summed E-state index contributed by atoms with van der Waals surface area (Å²) in [7, 11) is 0. The zero-order valence-electron chi connectivity index (χ0n) is 9.26. The minimum atomic E-state index is -1.24. The number of aliphatic imine (C=N–C) groups is 1. The Labute approximate surface area is 98.1 Å². The number of amides is 1. The van der Waals surface area contributed by atoms with Crippen molar-refractivity contribution in [1.82, 2.24) is 5.32 Å². The fraction of sp³-hybridized carbons (Fsp3) is 0.556. The lowest BCUT2D eigenvalue weighted by atomic mass is 10.1. The van der Waals surface area contributed by atoms with Gasteiger partial charge in [-0.3, -0.25) is 14.6 Å². The highest BCUT2D eigenvalue weighted by Gasteiger charge is 2.13. The topological polar surface area (TPSA) is 148 Å². The number of carboxylic acid groups (broad SMARTS) is 1. The largest absolute Gasteiger partial charge is 0.481 e. The van der Waals surface area contributed by atoms with E-state index in [1.165, 1.54) is 0 Å². The number of rotatable bonds is 8. The molecule has 0 spiro atoms. The molecule has 0 aliphatic heterocycles. The van der Waals surface area contributed by atoms with Crippen molar-refractivity contribution in [3.05, 3.63) is 0 Å². The van der Waals surface area contributed by atoms with Crippen LogP contribution >= 0.6 is 0 Å². The second-order valence-corrected chi connectivity index (χ2v) is 3.33. The molecule has 0 aromatic rings. The van der Waals surface area contributed by atoms with E-state index < -0.39 is 24.3 Å². The third-order valence-electron chi connectivity index (χ3n) is 1.79. The Kier molecular flexibility index (Phi) is 7.07. The van der Waals surface area contributed by atoms with E-state index in [4.69, 9.17) is 16.6 Å². The monoisotopic (exact) mass is 244 g/mol. The number of hydrogen-bond acceptors (Lipinski definition) is 4. The van der Waals surface area contributed by atoms with E-state index in [0.717, 1.165) is 0 Å². The van der Waals surface area contributed by atoms with Gasteiger partial charge in [0.15, 0.2) is 5.96 Å². The number of hydrogen-bond donors (Lipinski definition) is 4. The standard InChI is InChI=1S/C9H16N4O4/c10-9(11)12-3-1-2-6(5-14)13-7(15)4-8(16)17/h5-6H,1-4H2,(H,13,15)(H,16,17)(H4,10,11,12)/t6-/m0/s1. The molecule has 0 heterocycles. The first-order valence-electron chi connectivity index (χ1n) is 4.97. The van der Waals surface area contributed by atoms with Gasteiger partial charge in [-0.1, -0.05) is 0 Å². The Morgan fingerprint density at radius 1 is 1.41 bits per heavy atom. The molecule has 8 nitrogen and oxygen atoms in total. The minimum absolute atomic E-state index is 0.0393. The van der Waals surface area contributed by atoms with Gasteiger partial charge < -0.3 is 26.7 Å². The van der Waals surface area contributed by atoms with Gasteiger partial charge in [0.25, 0.3) is 0 Å². The number of guanidine groups is 1. The van der Waals surface area contributed by atoms with Crippen LogP contribution in [0.15, 0.2) is 4.99 Å². The fourth-order valence-electron chi connectivity index (χ4n) is 1.09. The van der Waals surface area contributed by atoms with E-state index in [9.17, 15) is 14.4 Å². The molecule has 0 aromatic carbocycles. The molecule has 0 saturated heterocycles. The predicted octanol–water partition coefficient (Wildman–Crippen LogP) is -1.80. The molecule has 0 aliphatic rings. The molecule has 0 radical (unpaired) electrons. The molecule has 0 fully saturated rings. The van der Waals surface area contributed by atoms with E-state index in [1.807, 2.05) is 0 Å².